The first-order chi connectivity index (χ1) is 12.1. The third-order valence-corrected chi connectivity index (χ3v) is 4.95. The summed E-state index contributed by atoms with van der Waals surface area (Å²) in [5.74, 6) is 1.02. The minimum atomic E-state index is -0.0727. The smallest absolute Gasteiger partial charge is 0.225 e. The van der Waals surface area contributed by atoms with E-state index in [1.807, 2.05) is 43.7 Å². The number of hydrogen-bond acceptors (Lipinski definition) is 4. The van der Waals surface area contributed by atoms with Crippen LogP contribution in [-0.4, -0.2) is 35.9 Å². The van der Waals surface area contributed by atoms with Crippen LogP contribution in [0.25, 0.3) is 0 Å². The predicted octanol–water partition coefficient (Wildman–Crippen LogP) is 2.42. The lowest BCUT2D eigenvalue weighted by atomic mass is 9.89. The topological polar surface area (TPSA) is 68.2 Å². The van der Waals surface area contributed by atoms with E-state index in [2.05, 4.69) is 22.7 Å². The van der Waals surface area contributed by atoms with Gasteiger partial charge in [-0.25, -0.2) is 0 Å². The second-order valence-electron chi connectivity index (χ2n) is 6.56. The van der Waals surface area contributed by atoms with Crippen molar-refractivity contribution in [3.8, 4) is 5.75 Å². The number of ether oxygens (including phenoxy) is 1. The molecule has 0 spiro atoms. The van der Waals surface area contributed by atoms with Gasteiger partial charge in [-0.2, -0.15) is 5.10 Å². The molecule has 0 aliphatic carbocycles. The maximum atomic E-state index is 12.9. The number of amides is 1. The highest BCUT2D eigenvalue weighted by molar-refractivity contribution is 5.85. The number of halogens is 1. The molecular weight excluding hydrogens is 352 g/mol. The van der Waals surface area contributed by atoms with Crippen LogP contribution in [-0.2, 0) is 11.8 Å². The largest absolute Gasteiger partial charge is 0.497 e. The molecule has 1 saturated heterocycles. The van der Waals surface area contributed by atoms with Gasteiger partial charge in [-0.05, 0) is 29.7 Å². The van der Waals surface area contributed by atoms with Crippen molar-refractivity contribution in [3.05, 3.63) is 47.8 Å². The SMILES string of the molecule is CCC(NC(=O)[C@H]1CNC[C@@H]1c1cnn(C)c1)c1ccc(OC)cc1.Cl. The Labute approximate surface area is 160 Å². The molecule has 2 heterocycles. The van der Waals surface area contributed by atoms with Crippen molar-refractivity contribution in [1.29, 1.82) is 0 Å². The van der Waals surface area contributed by atoms with Crippen LogP contribution in [0.4, 0.5) is 0 Å². The van der Waals surface area contributed by atoms with Gasteiger partial charge in [0, 0.05) is 32.3 Å². The van der Waals surface area contributed by atoms with Gasteiger partial charge in [-0.15, -0.1) is 12.4 Å². The highest BCUT2D eigenvalue weighted by Crippen LogP contribution is 2.29. The van der Waals surface area contributed by atoms with Gasteiger partial charge >= 0.3 is 0 Å². The number of nitrogens with zero attached hydrogens (tertiary/aromatic N) is 2. The fourth-order valence-electron chi connectivity index (χ4n) is 3.47. The van der Waals surface area contributed by atoms with Crippen molar-refractivity contribution in [1.82, 2.24) is 20.4 Å². The quantitative estimate of drug-likeness (QED) is 0.810. The molecule has 0 bridgehead atoms. The molecular formula is C19H27ClN4O2. The number of hydrogen-bond donors (Lipinski definition) is 2. The summed E-state index contributed by atoms with van der Waals surface area (Å²) in [6.07, 6.45) is 4.70. The van der Waals surface area contributed by atoms with Crippen LogP contribution in [0.3, 0.4) is 0 Å². The Hall–Kier alpha value is -2.05. The summed E-state index contributed by atoms with van der Waals surface area (Å²) < 4.78 is 6.99. The van der Waals surface area contributed by atoms with Gasteiger partial charge in [-0.1, -0.05) is 19.1 Å². The number of benzene rings is 1. The fraction of sp³-hybridized carbons (Fsp3) is 0.474. The van der Waals surface area contributed by atoms with E-state index in [0.717, 1.165) is 29.8 Å². The summed E-state index contributed by atoms with van der Waals surface area (Å²) in [4.78, 5) is 12.9. The average Bonchev–Trinajstić information content (AvgIpc) is 3.28. The first-order valence-electron chi connectivity index (χ1n) is 8.76. The Morgan fingerprint density at radius 3 is 2.69 bits per heavy atom. The van der Waals surface area contributed by atoms with Crippen molar-refractivity contribution in [3.63, 3.8) is 0 Å². The molecule has 1 aromatic carbocycles. The first kappa shape index (κ1) is 20.3. The molecule has 1 aromatic heterocycles. The molecule has 3 rings (SSSR count). The molecule has 142 valence electrons. The molecule has 2 aromatic rings. The van der Waals surface area contributed by atoms with Crippen molar-refractivity contribution < 1.29 is 9.53 Å². The second kappa shape index (κ2) is 9.05. The number of methoxy groups -OCH3 is 1. The van der Waals surface area contributed by atoms with Gasteiger partial charge in [0.25, 0.3) is 0 Å². The van der Waals surface area contributed by atoms with Gasteiger partial charge in [0.05, 0.1) is 25.3 Å². The van der Waals surface area contributed by atoms with Crippen LogP contribution < -0.4 is 15.4 Å². The molecule has 3 atom stereocenters. The lowest BCUT2D eigenvalue weighted by Crippen LogP contribution is -2.36. The highest BCUT2D eigenvalue weighted by Gasteiger charge is 2.35. The maximum absolute atomic E-state index is 12.9. The van der Waals surface area contributed by atoms with E-state index >= 15 is 0 Å². The molecule has 1 aliphatic heterocycles. The molecule has 1 fully saturated rings. The van der Waals surface area contributed by atoms with Gasteiger partial charge in [0.1, 0.15) is 5.75 Å². The third kappa shape index (κ3) is 4.37. The van der Waals surface area contributed by atoms with E-state index in [1.54, 1.807) is 11.8 Å². The van der Waals surface area contributed by atoms with Gasteiger partial charge in [0.2, 0.25) is 5.91 Å². The van der Waals surface area contributed by atoms with Crippen molar-refractivity contribution in [2.45, 2.75) is 25.3 Å². The number of aryl methyl sites for hydroxylation is 1. The van der Waals surface area contributed by atoms with E-state index in [1.165, 1.54) is 0 Å². The van der Waals surface area contributed by atoms with Crippen LogP contribution in [0.1, 0.15) is 36.4 Å². The summed E-state index contributed by atoms with van der Waals surface area (Å²) >= 11 is 0. The molecule has 6 nitrogen and oxygen atoms in total. The van der Waals surface area contributed by atoms with Gasteiger partial charge in [0.15, 0.2) is 0 Å². The average molecular weight is 379 g/mol. The maximum Gasteiger partial charge on any atom is 0.225 e. The Bertz CT molecular complexity index is 717. The Morgan fingerprint density at radius 1 is 1.38 bits per heavy atom. The zero-order chi connectivity index (χ0) is 17.8. The van der Waals surface area contributed by atoms with E-state index < -0.39 is 0 Å². The third-order valence-electron chi connectivity index (χ3n) is 4.95. The van der Waals surface area contributed by atoms with E-state index in [9.17, 15) is 4.79 Å². The second-order valence-corrected chi connectivity index (χ2v) is 6.56. The number of nitrogens with one attached hydrogen (secondary N) is 2. The Morgan fingerprint density at radius 2 is 2.12 bits per heavy atom. The molecule has 1 aliphatic rings. The van der Waals surface area contributed by atoms with Crippen molar-refractivity contribution in [2.24, 2.45) is 13.0 Å². The predicted molar refractivity (Wildman–Crippen MR) is 104 cm³/mol. The molecule has 0 saturated carbocycles. The molecule has 26 heavy (non-hydrogen) atoms. The molecule has 7 heteroatoms. The summed E-state index contributed by atoms with van der Waals surface area (Å²) in [6.45, 7) is 3.59. The van der Waals surface area contributed by atoms with Crippen LogP contribution in [0, 0.1) is 5.92 Å². The zero-order valence-corrected chi connectivity index (χ0v) is 16.3. The number of aromatic nitrogens is 2. The fourth-order valence-corrected chi connectivity index (χ4v) is 3.47. The standard InChI is InChI=1S/C19H26N4O2.ClH/c1-4-18(13-5-7-15(25-3)8-6-13)22-19(24)17-11-20-10-16(17)14-9-21-23(2)12-14;/h5-9,12,16-18,20H,4,10-11H2,1-3H3,(H,22,24);1H/t16-,17+,18?;/m1./s1. The Balaban J connectivity index is 0.00000243. The lowest BCUT2D eigenvalue weighted by molar-refractivity contribution is -0.125. The first-order valence-corrected chi connectivity index (χ1v) is 8.76. The minimum Gasteiger partial charge on any atom is -0.497 e. The van der Waals surface area contributed by atoms with Crippen LogP contribution >= 0.6 is 12.4 Å². The van der Waals surface area contributed by atoms with Crippen LogP contribution in [0.2, 0.25) is 0 Å². The number of rotatable bonds is 6. The summed E-state index contributed by atoms with van der Waals surface area (Å²) in [5, 5.41) is 10.8. The van der Waals surface area contributed by atoms with Gasteiger partial charge in [-0.3, -0.25) is 9.48 Å². The normalized spacial score (nSPS) is 20.3. The monoisotopic (exact) mass is 378 g/mol. The zero-order valence-electron chi connectivity index (χ0n) is 15.4. The summed E-state index contributed by atoms with van der Waals surface area (Å²) in [6, 6.07) is 7.89. The Kier molecular flexibility index (Phi) is 7.06. The molecule has 2 N–H and O–H groups in total. The molecule has 1 amide bonds. The van der Waals surface area contributed by atoms with Crippen LogP contribution in [0.5, 0.6) is 5.75 Å². The van der Waals surface area contributed by atoms with E-state index in [-0.39, 0.29) is 36.2 Å². The highest BCUT2D eigenvalue weighted by atomic mass is 35.5. The van der Waals surface area contributed by atoms with Gasteiger partial charge < -0.3 is 15.4 Å². The van der Waals surface area contributed by atoms with E-state index in [0.29, 0.717) is 6.54 Å². The molecule has 0 radical (unpaired) electrons. The van der Waals surface area contributed by atoms with Crippen LogP contribution in [0.15, 0.2) is 36.7 Å². The van der Waals surface area contributed by atoms with E-state index in [4.69, 9.17) is 4.74 Å². The molecule has 1 unspecified atom stereocenters. The summed E-state index contributed by atoms with van der Waals surface area (Å²) in [7, 11) is 3.55. The number of carbonyl (C=O) groups excluding carboxylic acids is 1. The summed E-state index contributed by atoms with van der Waals surface area (Å²) in [5.41, 5.74) is 2.21. The minimum absolute atomic E-state index is 0. The van der Waals surface area contributed by atoms with Crippen molar-refractivity contribution in [2.75, 3.05) is 20.2 Å². The van der Waals surface area contributed by atoms with Crippen molar-refractivity contribution >= 4 is 18.3 Å². The number of carbonyl (C=O) groups is 1. The lowest BCUT2D eigenvalue weighted by Gasteiger charge is -2.22.